The maximum Gasteiger partial charge on any atom is 0.0624 e. The Kier molecular flexibility index (Phi) is 3.10. The molecule has 3 nitrogen and oxygen atoms in total. The van der Waals surface area contributed by atoms with Gasteiger partial charge >= 0.3 is 0 Å². The van der Waals surface area contributed by atoms with Crippen molar-refractivity contribution in [3.05, 3.63) is 0 Å². The normalized spacial score (nSPS) is 37.7. The third kappa shape index (κ3) is 2.47. The lowest BCUT2D eigenvalue weighted by molar-refractivity contribution is 0.158. The third-order valence-electron chi connectivity index (χ3n) is 3.58. The molecule has 0 aromatic carbocycles. The first-order chi connectivity index (χ1) is 6.71. The molecule has 14 heavy (non-hydrogen) atoms. The highest BCUT2D eigenvalue weighted by atomic mass is 16.5. The molecule has 0 bridgehead atoms. The Morgan fingerprint density at radius 3 is 2.86 bits per heavy atom. The van der Waals surface area contributed by atoms with E-state index in [-0.39, 0.29) is 11.5 Å². The molecule has 1 aliphatic heterocycles. The van der Waals surface area contributed by atoms with Crippen LogP contribution >= 0.6 is 0 Å². The molecule has 2 rings (SSSR count). The Morgan fingerprint density at radius 2 is 2.29 bits per heavy atom. The lowest BCUT2D eigenvalue weighted by Crippen LogP contribution is -2.45. The molecular weight excluding hydrogens is 176 g/mol. The highest BCUT2D eigenvalue weighted by molar-refractivity contribution is 4.91. The zero-order chi connectivity index (χ0) is 10.0. The van der Waals surface area contributed by atoms with Crippen LogP contribution in [0, 0.1) is 11.3 Å². The maximum absolute atomic E-state index is 6.00. The van der Waals surface area contributed by atoms with E-state index in [9.17, 15) is 0 Å². The Morgan fingerprint density at radius 1 is 1.50 bits per heavy atom. The van der Waals surface area contributed by atoms with Crippen molar-refractivity contribution in [2.75, 3.05) is 26.3 Å². The highest BCUT2D eigenvalue weighted by Crippen LogP contribution is 2.32. The van der Waals surface area contributed by atoms with E-state index in [4.69, 9.17) is 10.5 Å². The van der Waals surface area contributed by atoms with E-state index in [0.717, 1.165) is 32.2 Å². The smallest absolute Gasteiger partial charge is 0.0624 e. The molecule has 0 aromatic rings. The molecule has 0 aromatic heterocycles. The van der Waals surface area contributed by atoms with Crippen LogP contribution in [0.2, 0.25) is 0 Å². The van der Waals surface area contributed by atoms with Crippen LogP contribution in [0.1, 0.15) is 26.2 Å². The molecule has 1 saturated carbocycles. The molecule has 3 N–H and O–H groups in total. The SMILES string of the molecule is CC1(CNCCC2CC2)COCC1N. The molecule has 0 spiro atoms. The van der Waals surface area contributed by atoms with Crippen molar-refractivity contribution < 1.29 is 4.74 Å². The summed E-state index contributed by atoms with van der Waals surface area (Å²) in [5.74, 6) is 1.02. The van der Waals surface area contributed by atoms with Crippen LogP contribution < -0.4 is 11.1 Å². The molecule has 2 atom stereocenters. The van der Waals surface area contributed by atoms with E-state index in [1.54, 1.807) is 0 Å². The average molecular weight is 198 g/mol. The fourth-order valence-electron chi connectivity index (χ4n) is 2.00. The summed E-state index contributed by atoms with van der Waals surface area (Å²) in [5, 5.41) is 3.51. The molecular formula is C11H22N2O. The minimum absolute atomic E-state index is 0.156. The Balaban J connectivity index is 1.62. The Bertz CT molecular complexity index is 194. The topological polar surface area (TPSA) is 47.3 Å². The van der Waals surface area contributed by atoms with Gasteiger partial charge in [-0.3, -0.25) is 0 Å². The summed E-state index contributed by atoms with van der Waals surface area (Å²) >= 11 is 0. The molecule has 3 heteroatoms. The number of hydrogen-bond acceptors (Lipinski definition) is 3. The summed E-state index contributed by atoms with van der Waals surface area (Å²) in [7, 11) is 0. The summed E-state index contributed by atoms with van der Waals surface area (Å²) in [5.41, 5.74) is 6.16. The van der Waals surface area contributed by atoms with Gasteiger partial charge in [-0.15, -0.1) is 0 Å². The van der Waals surface area contributed by atoms with Crippen molar-refractivity contribution in [3.63, 3.8) is 0 Å². The summed E-state index contributed by atoms with van der Waals surface area (Å²) in [6.45, 7) is 5.90. The fraction of sp³-hybridized carbons (Fsp3) is 1.00. The number of nitrogens with two attached hydrogens (primary N) is 1. The molecule has 2 fully saturated rings. The van der Waals surface area contributed by atoms with E-state index >= 15 is 0 Å². The zero-order valence-electron chi connectivity index (χ0n) is 9.09. The standard InChI is InChI=1S/C11H22N2O/c1-11(8-14-6-10(11)12)7-13-5-4-9-2-3-9/h9-10,13H,2-8,12H2,1H3. The van der Waals surface area contributed by atoms with Crippen molar-refractivity contribution in [1.82, 2.24) is 5.32 Å². The van der Waals surface area contributed by atoms with Crippen LogP contribution in [0.25, 0.3) is 0 Å². The van der Waals surface area contributed by atoms with Crippen molar-refractivity contribution in [1.29, 1.82) is 0 Å². The van der Waals surface area contributed by atoms with Crippen LogP contribution in [0.4, 0.5) is 0 Å². The van der Waals surface area contributed by atoms with E-state index in [0.29, 0.717) is 0 Å². The Hall–Kier alpha value is -0.120. The van der Waals surface area contributed by atoms with Gasteiger partial charge in [-0.1, -0.05) is 19.8 Å². The lowest BCUT2D eigenvalue weighted by Gasteiger charge is -2.27. The zero-order valence-corrected chi connectivity index (χ0v) is 9.09. The van der Waals surface area contributed by atoms with Crippen LogP contribution in [0.15, 0.2) is 0 Å². The second-order valence-corrected chi connectivity index (χ2v) is 5.18. The van der Waals surface area contributed by atoms with Crippen LogP contribution in [0.3, 0.4) is 0 Å². The lowest BCUT2D eigenvalue weighted by atomic mass is 9.86. The second-order valence-electron chi connectivity index (χ2n) is 5.18. The van der Waals surface area contributed by atoms with Crippen molar-refractivity contribution in [2.45, 2.75) is 32.2 Å². The molecule has 0 amide bonds. The van der Waals surface area contributed by atoms with E-state index in [2.05, 4.69) is 12.2 Å². The maximum atomic E-state index is 6.00. The van der Waals surface area contributed by atoms with Crippen LogP contribution in [-0.2, 0) is 4.74 Å². The first-order valence-corrected chi connectivity index (χ1v) is 5.75. The van der Waals surface area contributed by atoms with E-state index < -0.39 is 0 Å². The largest absolute Gasteiger partial charge is 0.379 e. The van der Waals surface area contributed by atoms with Gasteiger partial charge in [0.2, 0.25) is 0 Å². The fourth-order valence-corrected chi connectivity index (χ4v) is 2.00. The van der Waals surface area contributed by atoms with Crippen molar-refractivity contribution in [2.24, 2.45) is 17.1 Å². The minimum atomic E-state index is 0.156. The number of ether oxygens (including phenoxy) is 1. The van der Waals surface area contributed by atoms with Gasteiger partial charge < -0.3 is 15.8 Å². The second kappa shape index (κ2) is 4.17. The van der Waals surface area contributed by atoms with Gasteiger partial charge in [0, 0.05) is 18.0 Å². The monoisotopic (exact) mass is 198 g/mol. The van der Waals surface area contributed by atoms with E-state index in [1.165, 1.54) is 19.3 Å². The Labute approximate surface area is 86.4 Å². The predicted octanol–water partition coefficient (Wildman–Crippen LogP) is 0.740. The number of hydrogen-bond donors (Lipinski definition) is 2. The highest BCUT2D eigenvalue weighted by Gasteiger charge is 2.37. The van der Waals surface area contributed by atoms with Crippen molar-refractivity contribution >= 4 is 0 Å². The summed E-state index contributed by atoms with van der Waals surface area (Å²) < 4.78 is 5.40. The van der Waals surface area contributed by atoms with Crippen LogP contribution in [-0.4, -0.2) is 32.3 Å². The van der Waals surface area contributed by atoms with E-state index in [1.807, 2.05) is 0 Å². The number of nitrogens with one attached hydrogen (secondary N) is 1. The molecule has 2 unspecified atom stereocenters. The summed E-state index contributed by atoms with van der Waals surface area (Å²) in [6.07, 6.45) is 4.23. The van der Waals surface area contributed by atoms with Gasteiger partial charge in [-0.05, 0) is 18.9 Å². The van der Waals surface area contributed by atoms with Crippen LogP contribution in [0.5, 0.6) is 0 Å². The van der Waals surface area contributed by atoms with Crippen molar-refractivity contribution in [3.8, 4) is 0 Å². The predicted molar refractivity (Wildman–Crippen MR) is 57.1 cm³/mol. The summed E-state index contributed by atoms with van der Waals surface area (Å²) in [4.78, 5) is 0. The quantitative estimate of drug-likeness (QED) is 0.641. The minimum Gasteiger partial charge on any atom is -0.379 e. The summed E-state index contributed by atoms with van der Waals surface area (Å²) in [6, 6.07) is 0.205. The first kappa shape index (κ1) is 10.4. The molecule has 0 radical (unpaired) electrons. The molecule has 82 valence electrons. The van der Waals surface area contributed by atoms with Gasteiger partial charge in [0.05, 0.1) is 13.2 Å². The molecule has 1 heterocycles. The third-order valence-corrected chi connectivity index (χ3v) is 3.58. The number of rotatable bonds is 5. The first-order valence-electron chi connectivity index (χ1n) is 5.75. The molecule has 1 saturated heterocycles. The molecule has 2 aliphatic rings. The van der Waals surface area contributed by atoms with Gasteiger partial charge in [-0.25, -0.2) is 0 Å². The van der Waals surface area contributed by atoms with Gasteiger partial charge in [-0.2, -0.15) is 0 Å². The van der Waals surface area contributed by atoms with Gasteiger partial charge in [0.25, 0.3) is 0 Å². The van der Waals surface area contributed by atoms with Gasteiger partial charge in [0.15, 0.2) is 0 Å². The average Bonchev–Trinajstić information content (AvgIpc) is 2.91. The molecule has 1 aliphatic carbocycles. The van der Waals surface area contributed by atoms with Gasteiger partial charge in [0.1, 0.15) is 0 Å².